The minimum absolute atomic E-state index is 0.238. The lowest BCUT2D eigenvalue weighted by molar-refractivity contribution is 0.102. The van der Waals surface area contributed by atoms with Gasteiger partial charge in [-0.3, -0.25) is 4.79 Å². The highest BCUT2D eigenvalue weighted by atomic mass is 79.9. The molecule has 4 aromatic rings. The van der Waals surface area contributed by atoms with Gasteiger partial charge in [0.15, 0.2) is 5.82 Å². The topological polar surface area (TPSA) is 85.3 Å². The van der Waals surface area contributed by atoms with E-state index in [1.807, 2.05) is 13.0 Å². The predicted octanol–water partition coefficient (Wildman–Crippen LogP) is 4.67. The predicted molar refractivity (Wildman–Crippen MR) is 108 cm³/mol. The molecular weight excluding hydrogens is 460 g/mol. The second-order valence-corrected chi connectivity index (χ2v) is 8.01. The first-order valence-corrected chi connectivity index (χ1v) is 9.92. The molecule has 0 bridgehead atoms. The zero-order valence-corrected chi connectivity index (χ0v) is 17.2. The van der Waals surface area contributed by atoms with Crippen LogP contribution < -0.4 is 5.32 Å². The third-order valence-corrected chi connectivity index (χ3v) is 5.63. The van der Waals surface area contributed by atoms with Gasteiger partial charge in [-0.15, -0.1) is 0 Å². The molecule has 0 aliphatic heterocycles. The zero-order valence-electron chi connectivity index (χ0n) is 15.6. The lowest BCUT2D eigenvalue weighted by atomic mass is 10.1. The van der Waals surface area contributed by atoms with Gasteiger partial charge in [0.05, 0.1) is 33.9 Å². The number of alkyl halides is 1. The van der Waals surface area contributed by atoms with Gasteiger partial charge in [0.25, 0.3) is 5.91 Å². The van der Waals surface area contributed by atoms with Crippen molar-refractivity contribution in [3.63, 3.8) is 0 Å². The summed E-state index contributed by atoms with van der Waals surface area (Å²) in [7, 11) is 0. The van der Waals surface area contributed by atoms with Gasteiger partial charge in [-0.1, -0.05) is 17.3 Å². The lowest BCUT2D eigenvalue weighted by Gasteiger charge is -2.09. The van der Waals surface area contributed by atoms with Gasteiger partial charge < -0.3 is 9.84 Å². The number of halogens is 3. The molecule has 0 saturated heterocycles. The summed E-state index contributed by atoms with van der Waals surface area (Å²) in [4.78, 5) is 17.1. The number of aryl methyl sites for hydroxylation is 1. The van der Waals surface area contributed by atoms with Crippen LogP contribution >= 0.6 is 15.9 Å². The Morgan fingerprint density at radius 3 is 2.93 bits per heavy atom. The molecule has 7 nitrogen and oxygen atoms in total. The fourth-order valence-corrected chi connectivity index (χ4v) is 3.48. The molecule has 1 aromatic carbocycles. The number of hydrogen-bond acceptors (Lipinski definition) is 5. The molecule has 1 fully saturated rings. The van der Waals surface area contributed by atoms with Crippen LogP contribution in [0.4, 0.5) is 14.5 Å². The molecule has 1 aliphatic rings. The Morgan fingerprint density at radius 2 is 2.17 bits per heavy atom. The molecule has 5 rings (SSSR count). The molecule has 2 atom stereocenters. The fourth-order valence-electron chi connectivity index (χ4n) is 3.16. The van der Waals surface area contributed by atoms with Gasteiger partial charge in [0.1, 0.15) is 6.17 Å². The molecule has 3 aromatic heterocycles. The Bertz CT molecular complexity index is 1300. The van der Waals surface area contributed by atoms with E-state index in [4.69, 9.17) is 4.52 Å². The van der Waals surface area contributed by atoms with Crippen molar-refractivity contribution in [2.45, 2.75) is 25.4 Å². The number of nitrogens with one attached hydrogen (secondary N) is 1. The van der Waals surface area contributed by atoms with Gasteiger partial charge in [0, 0.05) is 11.3 Å². The summed E-state index contributed by atoms with van der Waals surface area (Å²) in [6.07, 6.45) is 2.05. The van der Waals surface area contributed by atoms with Crippen LogP contribution in [0.3, 0.4) is 0 Å². The van der Waals surface area contributed by atoms with Crippen LogP contribution in [-0.2, 0) is 0 Å². The number of carbonyl (C=O) groups excluding carboxylic acids is 1. The fraction of sp³-hybridized carbons (Fsp3) is 0.200. The van der Waals surface area contributed by atoms with Crippen molar-refractivity contribution < 1.29 is 18.1 Å². The van der Waals surface area contributed by atoms with Crippen LogP contribution in [0.15, 0.2) is 45.7 Å². The second kappa shape index (κ2) is 6.98. The van der Waals surface area contributed by atoms with E-state index in [9.17, 15) is 13.6 Å². The number of hydrogen-bond donors (Lipinski definition) is 1. The first kappa shape index (κ1) is 18.9. The first-order chi connectivity index (χ1) is 14.4. The average Bonchev–Trinajstić information content (AvgIpc) is 3.10. The molecule has 1 saturated carbocycles. The number of benzene rings is 1. The summed E-state index contributed by atoms with van der Waals surface area (Å²) >= 11 is 3.12. The SMILES string of the molecule is Cc1ccc(-c2noc(C3C[C@@H]3F)n2)cc1NC(=O)c1cnn2cc(F)c(Br)cc12. The molecule has 1 aliphatic carbocycles. The van der Waals surface area contributed by atoms with Gasteiger partial charge in [-0.25, -0.2) is 13.3 Å². The molecule has 1 N–H and O–H groups in total. The van der Waals surface area contributed by atoms with Crippen molar-refractivity contribution in [1.82, 2.24) is 19.8 Å². The molecule has 1 amide bonds. The van der Waals surface area contributed by atoms with E-state index < -0.39 is 17.9 Å². The summed E-state index contributed by atoms with van der Waals surface area (Å²) < 4.78 is 33.6. The number of pyridine rings is 1. The van der Waals surface area contributed by atoms with Crippen molar-refractivity contribution >= 4 is 33.0 Å². The zero-order chi connectivity index (χ0) is 21.0. The van der Waals surface area contributed by atoms with Crippen molar-refractivity contribution in [1.29, 1.82) is 0 Å². The number of fused-ring (bicyclic) bond motifs is 1. The number of aromatic nitrogens is 4. The maximum Gasteiger partial charge on any atom is 0.259 e. The summed E-state index contributed by atoms with van der Waals surface area (Å²) in [5, 5.41) is 10.8. The standard InChI is InChI=1S/C20H14BrF2N5O2/c1-9-2-3-10(18-26-20(30-27-18)11-5-14(11)22)4-16(9)25-19(29)12-7-24-28-8-15(23)13(21)6-17(12)28/h2-4,6-8,11,14H,5H2,1H3,(H,25,29)/t11?,14-/m0/s1. The molecule has 0 spiro atoms. The van der Waals surface area contributed by atoms with Gasteiger partial charge in [0.2, 0.25) is 11.7 Å². The number of amides is 1. The summed E-state index contributed by atoms with van der Waals surface area (Å²) in [6.45, 7) is 1.85. The summed E-state index contributed by atoms with van der Waals surface area (Å²) in [5.41, 5.74) is 2.77. The van der Waals surface area contributed by atoms with Gasteiger partial charge in [-0.2, -0.15) is 10.1 Å². The van der Waals surface area contributed by atoms with E-state index >= 15 is 0 Å². The van der Waals surface area contributed by atoms with Crippen molar-refractivity contribution in [2.24, 2.45) is 0 Å². The molecule has 152 valence electrons. The highest BCUT2D eigenvalue weighted by Crippen LogP contribution is 2.43. The van der Waals surface area contributed by atoms with E-state index in [-0.39, 0.29) is 16.3 Å². The van der Waals surface area contributed by atoms with Crippen molar-refractivity contribution in [3.05, 3.63) is 64.0 Å². The first-order valence-electron chi connectivity index (χ1n) is 9.13. The maximum atomic E-state index is 13.7. The maximum absolute atomic E-state index is 13.7. The summed E-state index contributed by atoms with van der Waals surface area (Å²) in [5.74, 6) is -0.583. The van der Waals surface area contributed by atoms with Crippen LogP contribution in [0, 0.1) is 12.7 Å². The Balaban J connectivity index is 1.43. The van der Waals surface area contributed by atoms with E-state index in [0.717, 1.165) is 5.56 Å². The smallest absolute Gasteiger partial charge is 0.259 e. The minimum atomic E-state index is -0.925. The third kappa shape index (κ3) is 3.26. The Kier molecular flexibility index (Phi) is 4.39. The van der Waals surface area contributed by atoms with Crippen molar-refractivity contribution in [2.75, 3.05) is 5.32 Å². The quantitative estimate of drug-likeness (QED) is 0.465. The number of carbonyl (C=O) groups is 1. The van der Waals surface area contributed by atoms with E-state index in [2.05, 4.69) is 36.5 Å². The minimum Gasteiger partial charge on any atom is -0.339 e. The highest BCUT2D eigenvalue weighted by Gasteiger charge is 2.43. The molecule has 10 heteroatoms. The Labute approximate surface area is 177 Å². The average molecular weight is 474 g/mol. The van der Waals surface area contributed by atoms with E-state index in [1.54, 1.807) is 12.1 Å². The summed E-state index contributed by atoms with van der Waals surface area (Å²) in [6, 6.07) is 6.84. The molecule has 0 radical (unpaired) electrons. The highest BCUT2D eigenvalue weighted by molar-refractivity contribution is 9.10. The van der Waals surface area contributed by atoms with Crippen LogP contribution in [0.1, 0.15) is 34.2 Å². The van der Waals surface area contributed by atoms with E-state index in [0.29, 0.717) is 34.6 Å². The van der Waals surface area contributed by atoms with Crippen molar-refractivity contribution in [3.8, 4) is 11.4 Å². The largest absolute Gasteiger partial charge is 0.339 e. The third-order valence-electron chi connectivity index (χ3n) is 5.02. The lowest BCUT2D eigenvalue weighted by Crippen LogP contribution is -2.12. The molecule has 30 heavy (non-hydrogen) atoms. The van der Waals surface area contributed by atoms with Crippen LogP contribution in [-0.4, -0.2) is 31.8 Å². The number of rotatable bonds is 4. The molecule has 1 unspecified atom stereocenters. The number of nitrogens with zero attached hydrogens (tertiary/aromatic N) is 4. The Morgan fingerprint density at radius 1 is 1.37 bits per heavy atom. The van der Waals surface area contributed by atoms with Gasteiger partial charge >= 0.3 is 0 Å². The number of anilines is 1. The van der Waals surface area contributed by atoms with Gasteiger partial charge in [-0.05, 0) is 47.0 Å². The van der Waals surface area contributed by atoms with Crippen LogP contribution in [0.25, 0.3) is 16.9 Å². The second-order valence-electron chi connectivity index (χ2n) is 7.16. The molecule has 3 heterocycles. The van der Waals surface area contributed by atoms with E-state index in [1.165, 1.54) is 23.0 Å². The monoisotopic (exact) mass is 473 g/mol. The van der Waals surface area contributed by atoms with Crippen LogP contribution in [0.5, 0.6) is 0 Å². The normalized spacial score (nSPS) is 18.0. The molecular formula is C20H14BrF2N5O2. The Hall–Kier alpha value is -3.14. The van der Waals surface area contributed by atoms with Crippen LogP contribution in [0.2, 0.25) is 0 Å².